The van der Waals surface area contributed by atoms with E-state index in [1.165, 1.54) is 25.6 Å². The molecule has 1 aromatic rings. The maximum atomic E-state index is 11.1. The average Bonchev–Trinajstić information content (AvgIpc) is 3.05. The zero-order valence-corrected chi connectivity index (χ0v) is 12.3. The van der Waals surface area contributed by atoms with Crippen molar-refractivity contribution in [3.8, 4) is 0 Å². The highest BCUT2D eigenvalue weighted by Gasteiger charge is 2.31. The van der Waals surface area contributed by atoms with Crippen LogP contribution in [0.5, 0.6) is 0 Å². The van der Waals surface area contributed by atoms with E-state index in [1.807, 2.05) is 0 Å². The van der Waals surface area contributed by atoms with E-state index in [1.54, 1.807) is 11.7 Å². The lowest BCUT2D eigenvalue weighted by molar-refractivity contribution is -0.0470. The van der Waals surface area contributed by atoms with Crippen LogP contribution >= 0.6 is 0 Å². The highest BCUT2D eigenvalue weighted by molar-refractivity contribution is 5.88. The molecular weight excluding hydrogens is 272 g/mol. The summed E-state index contributed by atoms with van der Waals surface area (Å²) in [5, 5.41) is 16.4. The molecule has 21 heavy (non-hydrogen) atoms. The van der Waals surface area contributed by atoms with Crippen LogP contribution in [0.1, 0.15) is 28.9 Å². The minimum atomic E-state index is -0.936. The number of aryl methyl sites for hydroxylation is 1. The van der Waals surface area contributed by atoms with Gasteiger partial charge in [-0.05, 0) is 19.4 Å². The Hall–Kier alpha value is -1.44. The first-order valence-electron chi connectivity index (χ1n) is 7.45. The highest BCUT2D eigenvalue weighted by atomic mass is 16.5. The van der Waals surface area contributed by atoms with Gasteiger partial charge in [-0.3, -0.25) is 9.58 Å². The average molecular weight is 294 g/mol. The summed E-state index contributed by atoms with van der Waals surface area (Å²) in [7, 11) is 1.76. The van der Waals surface area contributed by atoms with Crippen molar-refractivity contribution in [3.05, 3.63) is 17.5 Å². The Kier molecular flexibility index (Phi) is 4.23. The molecule has 7 heteroatoms. The van der Waals surface area contributed by atoms with Crippen molar-refractivity contribution >= 4 is 5.97 Å². The van der Waals surface area contributed by atoms with Crippen LogP contribution < -0.4 is 5.32 Å². The Labute approximate surface area is 123 Å². The summed E-state index contributed by atoms with van der Waals surface area (Å²) in [6.45, 7) is 4.18. The highest BCUT2D eigenvalue weighted by Crippen LogP contribution is 2.22. The Morgan fingerprint density at radius 1 is 1.62 bits per heavy atom. The SMILES string of the molecule is Cn1ncc(C(=O)O)c1CNCC1CN2CCCC2CO1. The van der Waals surface area contributed by atoms with Gasteiger partial charge in [0.2, 0.25) is 0 Å². The molecule has 0 radical (unpaired) electrons. The summed E-state index contributed by atoms with van der Waals surface area (Å²) in [6.07, 6.45) is 4.09. The maximum Gasteiger partial charge on any atom is 0.339 e. The number of hydrogen-bond donors (Lipinski definition) is 2. The second-order valence-corrected chi connectivity index (χ2v) is 5.81. The molecule has 2 unspecified atom stereocenters. The summed E-state index contributed by atoms with van der Waals surface area (Å²) < 4.78 is 7.48. The number of carboxylic acid groups (broad SMARTS) is 1. The van der Waals surface area contributed by atoms with Gasteiger partial charge in [-0.15, -0.1) is 0 Å². The minimum Gasteiger partial charge on any atom is -0.478 e. The normalized spacial score (nSPS) is 26.0. The molecule has 3 rings (SSSR count). The van der Waals surface area contributed by atoms with Gasteiger partial charge in [-0.2, -0.15) is 5.10 Å². The largest absolute Gasteiger partial charge is 0.478 e. The number of fused-ring (bicyclic) bond motifs is 1. The number of aromatic carboxylic acids is 1. The smallest absolute Gasteiger partial charge is 0.339 e. The number of hydrogen-bond acceptors (Lipinski definition) is 5. The van der Waals surface area contributed by atoms with Gasteiger partial charge in [0.15, 0.2) is 0 Å². The van der Waals surface area contributed by atoms with E-state index in [4.69, 9.17) is 9.84 Å². The fourth-order valence-electron chi connectivity index (χ4n) is 3.21. The number of rotatable bonds is 5. The Morgan fingerprint density at radius 3 is 3.29 bits per heavy atom. The third-order valence-electron chi connectivity index (χ3n) is 4.42. The Balaban J connectivity index is 1.50. The van der Waals surface area contributed by atoms with Crippen LogP contribution in [-0.2, 0) is 18.3 Å². The minimum absolute atomic E-state index is 0.181. The van der Waals surface area contributed by atoms with Gasteiger partial charge in [-0.25, -0.2) is 4.79 Å². The summed E-state index contributed by atoms with van der Waals surface area (Å²) in [5.41, 5.74) is 0.950. The lowest BCUT2D eigenvalue weighted by atomic mass is 10.2. The first-order chi connectivity index (χ1) is 10.1. The molecule has 1 aromatic heterocycles. The molecule has 3 heterocycles. The zero-order valence-electron chi connectivity index (χ0n) is 12.3. The Morgan fingerprint density at radius 2 is 2.48 bits per heavy atom. The lowest BCUT2D eigenvalue weighted by Gasteiger charge is -2.35. The molecular formula is C14H22N4O3. The molecule has 0 saturated carbocycles. The molecule has 0 bridgehead atoms. The summed E-state index contributed by atoms with van der Waals surface area (Å²) >= 11 is 0. The molecule has 2 fully saturated rings. The Bertz CT molecular complexity index is 516. The van der Waals surface area contributed by atoms with Gasteiger partial charge in [0, 0.05) is 32.7 Å². The third-order valence-corrected chi connectivity index (χ3v) is 4.42. The van der Waals surface area contributed by atoms with E-state index in [9.17, 15) is 4.79 Å². The van der Waals surface area contributed by atoms with E-state index >= 15 is 0 Å². The van der Waals surface area contributed by atoms with Gasteiger partial charge in [-0.1, -0.05) is 0 Å². The van der Waals surface area contributed by atoms with Crippen LogP contribution in [-0.4, -0.2) is 64.1 Å². The van der Waals surface area contributed by atoms with Gasteiger partial charge < -0.3 is 15.2 Å². The van der Waals surface area contributed by atoms with Crippen LogP contribution in [0.3, 0.4) is 0 Å². The summed E-state index contributed by atoms with van der Waals surface area (Å²) in [4.78, 5) is 13.6. The van der Waals surface area contributed by atoms with Gasteiger partial charge in [0.25, 0.3) is 0 Å². The molecule has 2 saturated heterocycles. The van der Waals surface area contributed by atoms with E-state index < -0.39 is 5.97 Å². The molecule has 7 nitrogen and oxygen atoms in total. The standard InChI is InChI=1S/C14H22N4O3/c1-17-13(12(6-16-17)14(19)20)7-15-5-11-8-18-4-2-3-10(18)9-21-11/h6,10-11,15H,2-5,7-9H2,1H3,(H,19,20). The van der Waals surface area contributed by atoms with Crippen molar-refractivity contribution in [2.75, 3.05) is 26.2 Å². The quantitative estimate of drug-likeness (QED) is 0.800. The van der Waals surface area contributed by atoms with Crippen LogP contribution in [0.15, 0.2) is 6.20 Å². The van der Waals surface area contributed by atoms with Gasteiger partial charge in [0.05, 0.1) is 24.6 Å². The van der Waals surface area contributed by atoms with Crippen LogP contribution in [0.2, 0.25) is 0 Å². The zero-order chi connectivity index (χ0) is 14.8. The second kappa shape index (κ2) is 6.13. The lowest BCUT2D eigenvalue weighted by Crippen LogP contribution is -2.49. The van der Waals surface area contributed by atoms with Crippen LogP contribution in [0, 0.1) is 0 Å². The molecule has 2 aliphatic rings. The van der Waals surface area contributed by atoms with Crippen molar-refractivity contribution in [2.24, 2.45) is 7.05 Å². The predicted molar refractivity (Wildman–Crippen MR) is 76.2 cm³/mol. The van der Waals surface area contributed by atoms with Crippen LogP contribution in [0.25, 0.3) is 0 Å². The number of carbonyl (C=O) groups is 1. The topological polar surface area (TPSA) is 79.6 Å². The number of aromatic nitrogens is 2. The number of nitrogens with one attached hydrogen (secondary N) is 1. The molecule has 2 N–H and O–H groups in total. The van der Waals surface area contributed by atoms with Crippen molar-refractivity contribution < 1.29 is 14.6 Å². The maximum absolute atomic E-state index is 11.1. The molecule has 0 amide bonds. The molecule has 2 atom stereocenters. The molecule has 0 aromatic carbocycles. The second-order valence-electron chi connectivity index (χ2n) is 5.81. The monoisotopic (exact) mass is 294 g/mol. The number of ether oxygens (including phenoxy) is 1. The van der Waals surface area contributed by atoms with Crippen molar-refractivity contribution in [1.82, 2.24) is 20.0 Å². The van der Waals surface area contributed by atoms with E-state index in [0.717, 1.165) is 19.7 Å². The summed E-state index contributed by atoms with van der Waals surface area (Å²) in [6, 6.07) is 0.608. The van der Waals surface area contributed by atoms with Crippen molar-refractivity contribution in [2.45, 2.75) is 31.5 Å². The molecule has 0 aliphatic carbocycles. The van der Waals surface area contributed by atoms with Crippen molar-refractivity contribution in [3.63, 3.8) is 0 Å². The van der Waals surface area contributed by atoms with E-state index in [0.29, 0.717) is 18.3 Å². The van der Waals surface area contributed by atoms with Crippen LogP contribution in [0.4, 0.5) is 0 Å². The number of carboxylic acids is 1. The van der Waals surface area contributed by atoms with E-state index in [-0.39, 0.29) is 11.7 Å². The number of morpholine rings is 1. The summed E-state index contributed by atoms with van der Waals surface area (Å²) in [5.74, 6) is -0.936. The third kappa shape index (κ3) is 3.09. The molecule has 2 aliphatic heterocycles. The van der Waals surface area contributed by atoms with Crippen molar-refractivity contribution in [1.29, 1.82) is 0 Å². The fraction of sp³-hybridized carbons (Fsp3) is 0.714. The van der Waals surface area contributed by atoms with Gasteiger partial charge in [0.1, 0.15) is 5.56 Å². The fourth-order valence-corrected chi connectivity index (χ4v) is 3.21. The van der Waals surface area contributed by atoms with E-state index in [2.05, 4.69) is 15.3 Å². The first kappa shape index (κ1) is 14.5. The number of nitrogens with zero attached hydrogens (tertiary/aromatic N) is 3. The molecule has 0 spiro atoms. The predicted octanol–water partition coefficient (Wildman–Crippen LogP) is 0.0711. The first-order valence-corrected chi connectivity index (χ1v) is 7.45. The molecule has 116 valence electrons. The van der Waals surface area contributed by atoms with Gasteiger partial charge >= 0.3 is 5.97 Å².